The van der Waals surface area contributed by atoms with Crippen molar-refractivity contribution in [1.82, 2.24) is 45.7 Å². The second-order valence-electron chi connectivity index (χ2n) is 21.7. The van der Waals surface area contributed by atoms with Gasteiger partial charge in [0.1, 0.15) is 131 Å². The standard InChI is InChI=1S/C8H15N2.2C7H13N2.2C6H11N2.6C5H9N2.10CH4.ClH/c1-3-4-5-10-7-6-9(2)8-10;2*1-3-4-9-6-5-8(2)7-9;2*1-3-8-5-4-7(2)6-8;6*1-6-3-4-7(2)5-6;;;;;;;;;;;/h6-8H,3-5H2,1-2H3;2*5-7H,3-4H2,1-2H3;2*4-6H,3H2,1-2H3;6*3-5H,1-2H3;10*1H4;1H/q11*+1;;;;;;;;;;;. The molecule has 0 aromatic carbocycles. The molecule has 97 heavy (non-hydrogen) atoms. The number of aromatic nitrogens is 20. The van der Waals surface area contributed by atoms with Gasteiger partial charge in [-0.2, -0.15) is 4.58 Å². The van der Waals surface area contributed by atoms with E-state index in [-0.39, 0.29) is 86.7 Å². The van der Waals surface area contributed by atoms with Crippen LogP contribution >= 0.6 is 0 Å². The first kappa shape index (κ1) is 113. The molecule has 0 radical (unpaired) electrons. The molecule has 1 aliphatic rings. The van der Waals surface area contributed by atoms with E-state index in [1.54, 1.807) is 0 Å². The highest BCUT2D eigenvalue weighted by Gasteiger charge is 2.11. The monoisotopic (exact) mass is 1390 g/mol. The van der Waals surface area contributed by atoms with Gasteiger partial charge in [0, 0.05) is 0 Å². The second kappa shape index (κ2) is 66.4. The van der Waals surface area contributed by atoms with Crippen molar-refractivity contribution in [2.45, 2.75) is 161 Å². The predicted octanol–water partition coefficient (Wildman–Crippen LogP) is 4.40. The zero-order valence-corrected chi connectivity index (χ0v) is 58.4. The van der Waals surface area contributed by atoms with Gasteiger partial charge < -0.3 is 12.4 Å². The highest BCUT2D eigenvalue weighted by Crippen LogP contribution is 1.92. The maximum Gasteiger partial charge on any atom is 0.335 e. The lowest BCUT2D eigenvalue weighted by Gasteiger charge is -1.96. The molecule has 1 N–H and O–H groups in total. The van der Waals surface area contributed by atoms with Gasteiger partial charge in [0.05, 0.1) is 145 Å². The molecule has 0 bridgehead atoms. The fraction of sp³-hybridized carbons (Fsp3) is 0.554. The van der Waals surface area contributed by atoms with E-state index in [9.17, 15) is 0 Å². The van der Waals surface area contributed by atoms with E-state index in [1.807, 2.05) is 301 Å². The molecule has 1 aliphatic heterocycles. The third kappa shape index (κ3) is 58.8. The minimum atomic E-state index is 0. The smallest absolute Gasteiger partial charge is 0.335 e. The Hall–Kier alpha value is -8.24. The summed E-state index contributed by atoms with van der Waals surface area (Å²) in [6, 6.07) is 0. The SMILES string of the molecule is C.C.C.C.C.C.C.C.C.C.CCCCn1cc[n+](C)c1.CCC[NH+]1C=C[N+](C)=C1.CCCn1cc[n+](C)c1.CCn1cc[n+](C)c1.CCn1cc[n+](C)c1.Cn1cc[n+](C)c1.Cn1cc[n+](C)c1.Cn1cc[n+](C)c1.Cn1cc[n+](C)c1.Cn1cc[n+](C)c1.Cn1cc[n+](C)c1.[Cl-]. The van der Waals surface area contributed by atoms with Gasteiger partial charge in [0.25, 0.3) is 0 Å². The number of aryl methyl sites for hydroxylation is 20. The van der Waals surface area contributed by atoms with Crippen LogP contribution in [0.3, 0.4) is 0 Å². The zero-order chi connectivity index (χ0) is 64.4. The van der Waals surface area contributed by atoms with Crippen molar-refractivity contribution < 1.29 is 67.6 Å². The van der Waals surface area contributed by atoms with Crippen LogP contribution in [0.2, 0.25) is 0 Å². The highest BCUT2D eigenvalue weighted by atomic mass is 35.5. The van der Waals surface area contributed by atoms with E-state index in [1.165, 1.54) is 37.1 Å². The lowest BCUT2D eigenvalue weighted by Crippen LogP contribution is -3.05. The molecule has 11 heterocycles. The quantitative estimate of drug-likeness (QED) is 0.208. The first-order valence-corrected chi connectivity index (χ1v) is 29.8. The van der Waals surface area contributed by atoms with Gasteiger partial charge in [-0.25, -0.2) is 96.2 Å². The summed E-state index contributed by atoms with van der Waals surface area (Å²) in [5.41, 5.74) is 0. The summed E-state index contributed by atoms with van der Waals surface area (Å²) in [6.07, 6.45) is 72.2. The zero-order valence-electron chi connectivity index (χ0n) is 57.7. The van der Waals surface area contributed by atoms with Crippen molar-refractivity contribution in [1.29, 1.82) is 0 Å². The van der Waals surface area contributed by atoms with Crippen LogP contribution in [0.1, 0.15) is 135 Å². The third-order valence-corrected chi connectivity index (χ3v) is 12.1. The number of hydrogen-bond donors (Lipinski definition) is 1. The van der Waals surface area contributed by atoms with Crippen molar-refractivity contribution in [3.8, 4) is 0 Å². The van der Waals surface area contributed by atoms with Gasteiger partial charge in [-0.15, -0.1) is 0 Å². The van der Waals surface area contributed by atoms with Gasteiger partial charge in [-0.1, -0.05) is 101 Å². The maximum absolute atomic E-state index is 2.21. The molecule has 1 atom stereocenters. The first-order chi connectivity index (χ1) is 40.9. The Morgan fingerprint density at radius 3 is 0.639 bits per heavy atom. The number of quaternary nitrogens is 1. The van der Waals surface area contributed by atoms with Gasteiger partial charge in [0.15, 0.2) is 6.20 Å². The molecule has 10 aromatic rings. The van der Waals surface area contributed by atoms with Crippen LogP contribution < -0.4 is 63.0 Å². The van der Waals surface area contributed by atoms with Gasteiger partial charge in [0.2, 0.25) is 69.5 Å². The van der Waals surface area contributed by atoms with Crippen LogP contribution in [0, 0.1) is 0 Å². The molecule has 22 nitrogen and oxygen atoms in total. The third-order valence-electron chi connectivity index (χ3n) is 12.1. The van der Waals surface area contributed by atoms with Crippen LogP contribution in [0.4, 0.5) is 0 Å². The minimum absolute atomic E-state index is 0. The van der Waals surface area contributed by atoms with E-state index in [4.69, 9.17) is 0 Å². The van der Waals surface area contributed by atoms with Crippen LogP contribution in [0.5, 0.6) is 0 Å². The molecule has 560 valence electrons. The summed E-state index contributed by atoms with van der Waals surface area (Å²) in [5, 5.41) is 0. The van der Waals surface area contributed by atoms with E-state index in [0.717, 1.165) is 26.2 Å². The first-order valence-electron chi connectivity index (χ1n) is 29.8. The fourth-order valence-electron chi connectivity index (χ4n) is 7.69. The van der Waals surface area contributed by atoms with Gasteiger partial charge in [-0.3, -0.25) is 0 Å². The second-order valence-corrected chi connectivity index (χ2v) is 21.7. The van der Waals surface area contributed by atoms with Crippen molar-refractivity contribution >= 4 is 6.34 Å². The largest absolute Gasteiger partial charge is 1.00 e. The van der Waals surface area contributed by atoms with Crippen molar-refractivity contribution in [3.63, 3.8) is 0 Å². The van der Waals surface area contributed by atoms with Crippen LogP contribution in [-0.4, -0.2) is 70.2 Å². The van der Waals surface area contributed by atoms with Crippen molar-refractivity contribution in [2.75, 3.05) is 13.6 Å². The highest BCUT2D eigenvalue weighted by molar-refractivity contribution is 5.38. The number of unbranched alkanes of at least 4 members (excludes halogenated alkanes) is 1. The van der Waals surface area contributed by atoms with Crippen molar-refractivity contribution in [3.05, 3.63) is 200 Å². The number of rotatable bonds is 9. The Morgan fingerprint density at radius 2 is 0.505 bits per heavy atom. The lowest BCUT2D eigenvalue weighted by molar-refractivity contribution is -0.748. The topological polar surface area (TPSA) is 95.6 Å². The average molecular weight is 1390 g/mol. The minimum Gasteiger partial charge on any atom is -1.00 e. The van der Waals surface area contributed by atoms with Crippen molar-refractivity contribution in [2.24, 2.45) is 113 Å². The van der Waals surface area contributed by atoms with E-state index in [0.29, 0.717) is 0 Å². The molecule has 10 aromatic heterocycles. The normalized spacial score (nSPS) is 9.96. The molecule has 0 saturated carbocycles. The van der Waals surface area contributed by atoms with Crippen LogP contribution in [0.15, 0.2) is 200 Å². The summed E-state index contributed by atoms with van der Waals surface area (Å²) in [7, 11) is 34.2. The maximum atomic E-state index is 2.21. The number of halogens is 1. The average Bonchev–Trinajstić information content (AvgIpc) is 2.62. The van der Waals surface area contributed by atoms with E-state index >= 15 is 0 Å². The molecule has 23 heteroatoms. The molecule has 1 unspecified atom stereocenters. The predicted molar refractivity (Wildman–Crippen MR) is 403 cm³/mol. The number of nitrogens with zero attached hydrogens (tertiary/aromatic N) is 21. The van der Waals surface area contributed by atoms with Crippen LogP contribution in [-0.2, 0) is 139 Å². The summed E-state index contributed by atoms with van der Waals surface area (Å²) < 4.78 is 42.9. The van der Waals surface area contributed by atoms with Crippen LogP contribution in [0.25, 0.3) is 0 Å². The Labute approximate surface area is 603 Å². The van der Waals surface area contributed by atoms with E-state index in [2.05, 4.69) is 155 Å². The van der Waals surface area contributed by atoms with Gasteiger partial charge >= 0.3 is 6.34 Å². The number of imidazole rings is 10. The Kier molecular flexibility index (Phi) is 77.4. The number of hydrogen-bond acceptors (Lipinski definition) is 0. The molecular weight excluding hydrogens is 1230 g/mol. The van der Waals surface area contributed by atoms with Gasteiger partial charge in [-0.05, 0) is 33.1 Å². The fourth-order valence-corrected chi connectivity index (χ4v) is 7.69. The molecular formula is C74H158ClN22+11. The summed E-state index contributed by atoms with van der Waals surface area (Å²) in [6.45, 7) is 16.4. The summed E-state index contributed by atoms with van der Waals surface area (Å²) in [4.78, 5) is 1.44. The Morgan fingerprint density at radius 1 is 0.278 bits per heavy atom. The number of nitrogens with one attached hydrogen (secondary N) is 1. The molecule has 0 fully saturated rings. The summed E-state index contributed by atoms with van der Waals surface area (Å²) in [5.74, 6) is 0. The van der Waals surface area contributed by atoms with E-state index < -0.39 is 0 Å². The Balaban J connectivity index is -0.0000000923. The molecule has 11 rings (SSSR count). The molecule has 0 spiro atoms. The molecule has 0 amide bonds. The lowest BCUT2D eigenvalue weighted by atomic mass is 10.3. The summed E-state index contributed by atoms with van der Waals surface area (Å²) >= 11 is 0. The molecule has 0 aliphatic carbocycles. The molecule has 0 saturated heterocycles. The Bertz CT molecular complexity index is 2850.